The van der Waals surface area contributed by atoms with E-state index in [0.29, 0.717) is 5.56 Å². The molecule has 0 atom stereocenters. The fraction of sp³-hybridized carbons (Fsp3) is 0.143. The van der Waals surface area contributed by atoms with E-state index in [1.807, 2.05) is 63.2 Å². The average Bonchev–Trinajstić information content (AvgIpc) is 2.95. The molecule has 2 aromatic carbocycles. The summed E-state index contributed by atoms with van der Waals surface area (Å²) in [5.74, 6) is -0.228. The second kappa shape index (κ2) is 7.18. The molecule has 1 amide bonds. The number of rotatable bonds is 4. The van der Waals surface area contributed by atoms with E-state index < -0.39 is 0 Å². The van der Waals surface area contributed by atoms with Gasteiger partial charge in [-0.05, 0) is 62.2 Å². The molecule has 3 rings (SSSR count). The molecule has 0 aliphatic rings. The molecule has 1 N–H and O–H groups in total. The van der Waals surface area contributed by atoms with E-state index in [-0.39, 0.29) is 5.91 Å². The predicted octanol–water partition coefficient (Wildman–Crippen LogP) is 4.17. The number of carbonyl (C=O) groups excluding carboxylic acids is 1. The summed E-state index contributed by atoms with van der Waals surface area (Å²) in [4.78, 5) is 12.4. The van der Waals surface area contributed by atoms with Gasteiger partial charge in [0.2, 0.25) is 0 Å². The van der Waals surface area contributed by atoms with Crippen LogP contribution in [0.4, 0.5) is 0 Å². The standard InChI is InChI=1S/C21H21N3O/c1-15-7-4-5-8-19(15)14-22-23-21(25)18-9-6-10-20(13-18)24-16(2)11-12-17(24)3/h4-14H,1-3H3,(H,23,25). The first-order valence-electron chi connectivity index (χ1n) is 8.20. The van der Waals surface area contributed by atoms with Gasteiger partial charge < -0.3 is 4.57 Å². The Kier molecular flexibility index (Phi) is 4.80. The highest BCUT2D eigenvalue weighted by atomic mass is 16.2. The molecule has 0 fully saturated rings. The first kappa shape index (κ1) is 16.7. The van der Waals surface area contributed by atoms with Gasteiger partial charge in [-0.2, -0.15) is 5.10 Å². The Labute approximate surface area is 147 Å². The highest BCUT2D eigenvalue weighted by Crippen LogP contribution is 2.17. The van der Waals surface area contributed by atoms with Crippen molar-refractivity contribution in [1.29, 1.82) is 0 Å². The van der Waals surface area contributed by atoms with Crippen molar-refractivity contribution in [2.45, 2.75) is 20.8 Å². The zero-order valence-corrected chi connectivity index (χ0v) is 14.7. The van der Waals surface area contributed by atoms with Crippen LogP contribution in [0.1, 0.15) is 32.9 Å². The van der Waals surface area contributed by atoms with Crippen molar-refractivity contribution in [3.8, 4) is 5.69 Å². The number of benzene rings is 2. The summed E-state index contributed by atoms with van der Waals surface area (Å²) in [6.45, 7) is 6.10. The molecule has 4 nitrogen and oxygen atoms in total. The lowest BCUT2D eigenvalue weighted by Crippen LogP contribution is -2.18. The van der Waals surface area contributed by atoms with Gasteiger partial charge in [0.25, 0.3) is 5.91 Å². The number of hydrazone groups is 1. The second-order valence-corrected chi connectivity index (χ2v) is 6.06. The fourth-order valence-corrected chi connectivity index (χ4v) is 2.82. The number of nitrogens with one attached hydrogen (secondary N) is 1. The molecular formula is C21H21N3O. The van der Waals surface area contributed by atoms with Crippen molar-refractivity contribution in [1.82, 2.24) is 9.99 Å². The lowest BCUT2D eigenvalue weighted by atomic mass is 10.1. The van der Waals surface area contributed by atoms with Crippen molar-refractivity contribution in [2.75, 3.05) is 0 Å². The van der Waals surface area contributed by atoms with Gasteiger partial charge in [-0.3, -0.25) is 4.79 Å². The average molecular weight is 331 g/mol. The summed E-state index contributed by atoms with van der Waals surface area (Å²) in [6.07, 6.45) is 1.66. The Morgan fingerprint density at radius 3 is 2.40 bits per heavy atom. The zero-order chi connectivity index (χ0) is 17.8. The van der Waals surface area contributed by atoms with E-state index in [1.54, 1.807) is 12.3 Å². The molecule has 1 aromatic heterocycles. The number of carbonyl (C=O) groups is 1. The van der Waals surface area contributed by atoms with Crippen LogP contribution in [-0.2, 0) is 0 Å². The Balaban J connectivity index is 1.77. The Hall–Kier alpha value is -3.14. The third-order valence-electron chi connectivity index (χ3n) is 4.20. The van der Waals surface area contributed by atoms with Gasteiger partial charge >= 0.3 is 0 Å². The van der Waals surface area contributed by atoms with Crippen LogP contribution in [0, 0.1) is 20.8 Å². The third kappa shape index (κ3) is 3.69. The lowest BCUT2D eigenvalue weighted by Gasteiger charge is -2.10. The molecule has 0 aliphatic carbocycles. The van der Waals surface area contributed by atoms with Crippen LogP contribution in [-0.4, -0.2) is 16.7 Å². The molecule has 126 valence electrons. The number of amides is 1. The maximum atomic E-state index is 12.4. The topological polar surface area (TPSA) is 46.4 Å². The normalized spacial score (nSPS) is 11.0. The molecule has 4 heteroatoms. The first-order chi connectivity index (χ1) is 12.1. The van der Waals surface area contributed by atoms with Crippen molar-refractivity contribution in [2.24, 2.45) is 5.10 Å². The van der Waals surface area contributed by atoms with E-state index in [9.17, 15) is 4.79 Å². The minimum atomic E-state index is -0.228. The maximum absolute atomic E-state index is 12.4. The van der Waals surface area contributed by atoms with Gasteiger partial charge in [-0.1, -0.05) is 30.3 Å². The van der Waals surface area contributed by atoms with E-state index >= 15 is 0 Å². The molecule has 0 saturated carbocycles. The number of aromatic nitrogens is 1. The lowest BCUT2D eigenvalue weighted by molar-refractivity contribution is 0.0955. The SMILES string of the molecule is Cc1ccccc1C=NNC(=O)c1cccc(-n2c(C)ccc2C)c1. The van der Waals surface area contributed by atoms with Crippen LogP contribution >= 0.6 is 0 Å². The number of hydrogen-bond acceptors (Lipinski definition) is 2. The largest absolute Gasteiger partial charge is 0.318 e. The quantitative estimate of drug-likeness (QED) is 0.566. The van der Waals surface area contributed by atoms with E-state index in [1.165, 1.54) is 0 Å². The molecular weight excluding hydrogens is 310 g/mol. The molecule has 0 saturated heterocycles. The first-order valence-corrected chi connectivity index (χ1v) is 8.20. The molecule has 1 heterocycles. The fourth-order valence-electron chi connectivity index (χ4n) is 2.82. The minimum absolute atomic E-state index is 0.228. The summed E-state index contributed by atoms with van der Waals surface area (Å²) in [5.41, 5.74) is 8.50. The van der Waals surface area contributed by atoms with E-state index in [4.69, 9.17) is 0 Å². The zero-order valence-electron chi connectivity index (χ0n) is 14.7. The summed E-state index contributed by atoms with van der Waals surface area (Å²) < 4.78 is 2.12. The number of nitrogens with zero attached hydrogens (tertiary/aromatic N) is 2. The van der Waals surface area contributed by atoms with Gasteiger partial charge in [0.15, 0.2) is 0 Å². The molecule has 0 unspecified atom stereocenters. The van der Waals surface area contributed by atoms with Gasteiger partial charge in [-0.15, -0.1) is 0 Å². The predicted molar refractivity (Wildman–Crippen MR) is 101 cm³/mol. The summed E-state index contributed by atoms with van der Waals surface area (Å²) >= 11 is 0. The Morgan fingerprint density at radius 2 is 1.68 bits per heavy atom. The summed E-state index contributed by atoms with van der Waals surface area (Å²) in [5, 5.41) is 4.07. The Bertz CT molecular complexity index is 918. The summed E-state index contributed by atoms with van der Waals surface area (Å²) in [6, 6.07) is 19.6. The van der Waals surface area contributed by atoms with Crippen LogP contribution in [0.25, 0.3) is 5.69 Å². The van der Waals surface area contributed by atoms with Crippen molar-refractivity contribution >= 4 is 12.1 Å². The van der Waals surface area contributed by atoms with Crippen LogP contribution in [0.2, 0.25) is 0 Å². The summed E-state index contributed by atoms with van der Waals surface area (Å²) in [7, 11) is 0. The number of hydrogen-bond donors (Lipinski definition) is 1. The van der Waals surface area contributed by atoms with Crippen LogP contribution in [0.15, 0.2) is 65.8 Å². The Morgan fingerprint density at radius 1 is 0.960 bits per heavy atom. The van der Waals surface area contributed by atoms with E-state index in [2.05, 4.69) is 27.2 Å². The third-order valence-corrected chi connectivity index (χ3v) is 4.20. The van der Waals surface area contributed by atoms with Crippen molar-refractivity contribution < 1.29 is 4.79 Å². The minimum Gasteiger partial charge on any atom is -0.318 e. The van der Waals surface area contributed by atoms with Crippen molar-refractivity contribution in [3.63, 3.8) is 0 Å². The van der Waals surface area contributed by atoms with Crippen LogP contribution in [0.3, 0.4) is 0 Å². The molecule has 3 aromatic rings. The van der Waals surface area contributed by atoms with E-state index in [0.717, 1.165) is 28.2 Å². The highest BCUT2D eigenvalue weighted by molar-refractivity contribution is 5.95. The number of aryl methyl sites for hydroxylation is 3. The smallest absolute Gasteiger partial charge is 0.271 e. The second-order valence-electron chi connectivity index (χ2n) is 6.06. The van der Waals surface area contributed by atoms with Gasteiger partial charge in [0.1, 0.15) is 0 Å². The van der Waals surface area contributed by atoms with Crippen LogP contribution < -0.4 is 5.43 Å². The van der Waals surface area contributed by atoms with Gasteiger partial charge in [-0.25, -0.2) is 5.43 Å². The molecule has 25 heavy (non-hydrogen) atoms. The van der Waals surface area contributed by atoms with Gasteiger partial charge in [0.05, 0.1) is 6.21 Å². The van der Waals surface area contributed by atoms with Crippen LogP contribution in [0.5, 0.6) is 0 Å². The maximum Gasteiger partial charge on any atom is 0.271 e. The monoisotopic (exact) mass is 331 g/mol. The van der Waals surface area contributed by atoms with Gasteiger partial charge in [0, 0.05) is 22.6 Å². The van der Waals surface area contributed by atoms with Crippen molar-refractivity contribution in [3.05, 3.63) is 88.7 Å². The molecule has 0 aliphatic heterocycles. The molecule has 0 bridgehead atoms. The molecule has 0 spiro atoms. The molecule has 0 radical (unpaired) electrons. The highest BCUT2D eigenvalue weighted by Gasteiger charge is 2.08.